The van der Waals surface area contributed by atoms with Gasteiger partial charge in [-0.25, -0.2) is 29.1 Å². The summed E-state index contributed by atoms with van der Waals surface area (Å²) in [5, 5.41) is 14.4. The van der Waals surface area contributed by atoms with Crippen LogP contribution in [0.15, 0.2) is 23.8 Å². The highest BCUT2D eigenvalue weighted by Gasteiger charge is 2.54. The molecule has 7 unspecified atom stereocenters. The van der Waals surface area contributed by atoms with E-state index in [1.54, 1.807) is 10.8 Å². The van der Waals surface area contributed by atoms with Crippen molar-refractivity contribution in [2.75, 3.05) is 30.4 Å². The van der Waals surface area contributed by atoms with Gasteiger partial charge in [-0.1, -0.05) is 28.5 Å². The van der Waals surface area contributed by atoms with Crippen LogP contribution in [0.4, 0.5) is 11.8 Å². The number of aromatic amines is 1. The van der Waals surface area contributed by atoms with Crippen LogP contribution in [-0.4, -0.2) is 120 Å². The zero-order valence-electron chi connectivity index (χ0n) is 32.1. The van der Waals surface area contributed by atoms with E-state index in [4.69, 9.17) is 39.0 Å². The van der Waals surface area contributed by atoms with Gasteiger partial charge in [0, 0.05) is 28.9 Å². The number of rotatable bonds is 10. The maximum atomic E-state index is 13.9. The Morgan fingerprint density at radius 3 is 2.34 bits per heavy atom. The highest BCUT2D eigenvalue weighted by molar-refractivity contribution is 8.76. The molecule has 7 heterocycles. The van der Waals surface area contributed by atoms with E-state index in [0.717, 1.165) is 0 Å². The summed E-state index contributed by atoms with van der Waals surface area (Å²) in [5.41, 5.74) is 11.0. The van der Waals surface area contributed by atoms with E-state index in [2.05, 4.69) is 35.2 Å². The number of nitrogen functional groups attached to an aromatic ring is 2. The van der Waals surface area contributed by atoms with E-state index in [-0.39, 0.29) is 57.2 Å². The van der Waals surface area contributed by atoms with Gasteiger partial charge in [-0.3, -0.25) is 41.8 Å². The zero-order chi connectivity index (χ0) is 42.4. The molecule has 7 rings (SSSR count). The van der Waals surface area contributed by atoms with Gasteiger partial charge in [0.2, 0.25) is 11.9 Å². The lowest BCUT2D eigenvalue weighted by atomic mass is 9.95. The predicted octanol–water partition coefficient (Wildman–Crippen LogP) is 1.77. The Morgan fingerprint density at radius 2 is 1.63 bits per heavy atom. The number of ether oxygens (including phenoxy) is 2. The lowest BCUT2D eigenvalue weighted by Crippen LogP contribution is -2.40. The van der Waals surface area contributed by atoms with Crippen molar-refractivity contribution < 1.29 is 56.4 Å². The molecule has 24 nitrogen and oxygen atoms in total. The molecule has 11 atom stereocenters. The Labute approximate surface area is 343 Å². The van der Waals surface area contributed by atoms with Gasteiger partial charge in [-0.15, -0.1) is 0 Å². The Bertz CT molecular complexity index is 2330. The first-order valence-corrected chi connectivity index (χ1v) is 23.7. The number of H-pyrrole nitrogens is 1. The second-order valence-electron chi connectivity index (χ2n) is 15.2. The molecule has 324 valence electrons. The molecule has 0 aliphatic carbocycles. The topological polar surface area (TPSA) is 339 Å². The van der Waals surface area contributed by atoms with E-state index >= 15 is 0 Å². The number of phosphoric acid groups is 2. The molecule has 9 N–H and O–H groups in total. The Kier molecular flexibility index (Phi) is 12.8. The van der Waals surface area contributed by atoms with Crippen molar-refractivity contribution in [3.63, 3.8) is 0 Å². The van der Waals surface area contributed by atoms with Crippen molar-refractivity contribution in [1.82, 2.24) is 44.4 Å². The van der Waals surface area contributed by atoms with E-state index in [0.29, 0.717) is 18.6 Å². The second-order valence-corrected chi connectivity index (χ2v) is 20.9. The van der Waals surface area contributed by atoms with Gasteiger partial charge in [-0.2, -0.15) is 4.98 Å². The highest BCUT2D eigenvalue weighted by atomic mass is 33.1. The minimum Gasteiger partial charge on any atom is -0.386 e. The first-order valence-electron chi connectivity index (χ1n) is 18.3. The first kappa shape index (κ1) is 43.8. The molecule has 3 aliphatic heterocycles. The molecule has 3 fully saturated rings. The summed E-state index contributed by atoms with van der Waals surface area (Å²) < 4.78 is 64.8. The van der Waals surface area contributed by atoms with Gasteiger partial charge < -0.3 is 41.2 Å². The smallest absolute Gasteiger partial charge is 0.386 e. The van der Waals surface area contributed by atoms with Gasteiger partial charge in [0.15, 0.2) is 35.1 Å². The SMILES string of the molecule is CC(CCC(=O)NC(C)(C)C)SSCCC1C2OP(=O)(O)OC[C@H]3O[C@@H](n4cnc5c(N)ncnc54)C(O)C3OP(=O)(O)OC[C@H]1O[C@H]2n1cnc2c(=O)[nH]c(N)nc21. The maximum Gasteiger partial charge on any atom is 0.472 e. The average Bonchev–Trinajstić information content (AvgIpc) is 3.91. The molecule has 3 aliphatic rings. The number of amides is 1. The summed E-state index contributed by atoms with van der Waals surface area (Å²) in [6, 6.07) is 0. The molecule has 28 heteroatoms. The minimum atomic E-state index is -5.09. The number of nitrogens with one attached hydrogen (secondary N) is 2. The van der Waals surface area contributed by atoms with Crippen LogP contribution in [0, 0.1) is 5.92 Å². The number of carbonyl (C=O) groups excluding carboxylic acids is 1. The molecular weight excluding hydrogens is 860 g/mol. The quantitative estimate of drug-likeness (QED) is 0.0677. The predicted molar refractivity (Wildman–Crippen MR) is 212 cm³/mol. The van der Waals surface area contributed by atoms with E-state index in [9.17, 15) is 33.6 Å². The Hall–Kier alpha value is -3.23. The first-order chi connectivity index (χ1) is 27.8. The summed E-state index contributed by atoms with van der Waals surface area (Å²) in [5.74, 6) is -0.651. The molecule has 0 radical (unpaired) electrons. The fraction of sp³-hybridized carbons (Fsp3) is 0.645. The number of phosphoric ester groups is 2. The number of aliphatic hydroxyl groups is 1. The molecule has 1 amide bonds. The monoisotopic (exact) mass is 905 g/mol. The number of nitrogens with two attached hydrogens (primary N) is 2. The van der Waals surface area contributed by atoms with Crippen LogP contribution in [0.5, 0.6) is 0 Å². The summed E-state index contributed by atoms with van der Waals surface area (Å²) in [4.78, 5) is 70.2. The van der Waals surface area contributed by atoms with Gasteiger partial charge in [0.05, 0.1) is 32.0 Å². The molecule has 0 saturated carbocycles. The molecule has 0 aromatic carbocycles. The number of aromatic nitrogens is 8. The van der Waals surface area contributed by atoms with Gasteiger partial charge in [0.1, 0.15) is 36.3 Å². The largest absolute Gasteiger partial charge is 0.472 e. The van der Waals surface area contributed by atoms with E-state index < -0.39 is 83.3 Å². The number of anilines is 2. The van der Waals surface area contributed by atoms with Crippen molar-refractivity contribution in [3.8, 4) is 0 Å². The number of hydrogen-bond donors (Lipinski definition) is 7. The van der Waals surface area contributed by atoms with Crippen LogP contribution in [0.2, 0.25) is 0 Å². The third-order valence-electron chi connectivity index (χ3n) is 9.56. The fourth-order valence-corrected chi connectivity index (χ4v) is 11.4. The van der Waals surface area contributed by atoms with Crippen LogP contribution < -0.4 is 22.3 Å². The van der Waals surface area contributed by atoms with Gasteiger partial charge >= 0.3 is 15.6 Å². The number of carbonyl (C=O) groups is 1. The summed E-state index contributed by atoms with van der Waals surface area (Å²) >= 11 is 0. The second kappa shape index (κ2) is 17.3. The normalized spacial score (nSPS) is 32.3. The van der Waals surface area contributed by atoms with Crippen LogP contribution >= 0.6 is 37.2 Å². The Balaban J connectivity index is 1.14. The number of aliphatic hydroxyl groups excluding tert-OH is 1. The molecule has 4 aromatic heterocycles. The van der Waals surface area contributed by atoms with Crippen LogP contribution in [0.3, 0.4) is 0 Å². The molecule has 59 heavy (non-hydrogen) atoms. The van der Waals surface area contributed by atoms with E-state index in [1.807, 2.05) is 27.7 Å². The molecule has 0 spiro atoms. The summed E-state index contributed by atoms with van der Waals surface area (Å²) in [6.45, 7) is 6.32. The number of imidazole rings is 2. The molecule has 3 saturated heterocycles. The number of fused-ring (bicyclic) bond motifs is 5. The summed E-state index contributed by atoms with van der Waals surface area (Å²) in [6.07, 6.45) is -5.09. The fourth-order valence-electron chi connectivity index (χ4n) is 6.96. The third kappa shape index (κ3) is 9.96. The van der Waals surface area contributed by atoms with Crippen LogP contribution in [0.1, 0.15) is 59.4 Å². The van der Waals surface area contributed by atoms with E-state index in [1.165, 1.54) is 38.9 Å². The zero-order valence-corrected chi connectivity index (χ0v) is 35.5. The number of nitrogens with zero attached hydrogens (tertiary/aromatic N) is 7. The maximum absolute atomic E-state index is 13.9. The molecule has 2 bridgehead atoms. The number of hydrogen-bond acceptors (Lipinski definition) is 20. The lowest BCUT2D eigenvalue weighted by molar-refractivity contribution is -0.122. The standard InChI is InChI=1S/C31H45N11O13P2S2/c1-14(5-6-18(43)40-31(2,3)4)59-58-8-7-15-16-9-50-57(48,49)55-23-17(53-28(21(23)44)41-12-36-19-24(32)34-11-35-25(19)41)10-51-56(46,47)54-22(15)29(52-16)42-13-37-20-26(42)38-30(33)39-27(20)45/h11-17,21-23,28-29,44H,5-10H2,1-4H3,(H,40,43)(H,46,47)(H,48,49)(H2,32,34,35)(H3,33,38,39,45)/t14?,15?,16-,17-,21?,22?,23?,28-,29-/m1/s1. The van der Waals surface area contributed by atoms with Crippen molar-refractivity contribution in [3.05, 3.63) is 29.3 Å². The van der Waals surface area contributed by atoms with Gasteiger partial charge in [0.25, 0.3) is 5.56 Å². The van der Waals surface area contributed by atoms with Crippen molar-refractivity contribution in [1.29, 1.82) is 0 Å². The van der Waals surface area contributed by atoms with Crippen LogP contribution in [0.25, 0.3) is 22.3 Å². The highest BCUT2D eigenvalue weighted by Crippen LogP contribution is 2.55. The summed E-state index contributed by atoms with van der Waals surface area (Å²) in [7, 11) is -7.14. The van der Waals surface area contributed by atoms with Gasteiger partial charge in [-0.05, 0) is 33.6 Å². The third-order valence-corrected chi connectivity index (χ3v) is 14.5. The molecular formula is C31H45N11O13P2S2. The Morgan fingerprint density at radius 1 is 0.983 bits per heavy atom. The molecule has 4 aromatic rings. The van der Waals surface area contributed by atoms with Crippen molar-refractivity contribution in [2.45, 2.75) is 101 Å². The minimum absolute atomic E-state index is 0.0355. The lowest BCUT2D eigenvalue weighted by Gasteiger charge is -2.27. The van der Waals surface area contributed by atoms with Crippen molar-refractivity contribution in [2.24, 2.45) is 5.92 Å². The van der Waals surface area contributed by atoms with Crippen molar-refractivity contribution >= 4 is 77.2 Å². The van der Waals surface area contributed by atoms with Crippen LogP contribution in [-0.2, 0) is 41.5 Å². The average molecular weight is 906 g/mol.